The van der Waals surface area contributed by atoms with E-state index < -0.39 is 28.9 Å². The molecular formula is C29H35F3N4O2. The van der Waals surface area contributed by atoms with Crippen LogP contribution < -0.4 is 10.2 Å². The summed E-state index contributed by atoms with van der Waals surface area (Å²) < 4.78 is 45.2. The Morgan fingerprint density at radius 3 is 2.47 bits per heavy atom. The van der Waals surface area contributed by atoms with Gasteiger partial charge in [-0.2, -0.15) is 8.78 Å². The lowest BCUT2D eigenvalue weighted by atomic mass is 9.91. The smallest absolute Gasteiger partial charge is 0.303 e. The largest absolute Gasteiger partial charge is 0.393 e. The summed E-state index contributed by atoms with van der Waals surface area (Å²) in [6.45, 7) is 6.97. The van der Waals surface area contributed by atoms with Crippen LogP contribution in [0.5, 0.6) is 0 Å². The fraction of sp³-hybridized carbons (Fsp3) is 0.517. The number of anilines is 2. The van der Waals surface area contributed by atoms with E-state index in [2.05, 4.69) is 21.3 Å². The first kappa shape index (κ1) is 26.7. The maximum atomic E-state index is 15.5. The van der Waals surface area contributed by atoms with Gasteiger partial charge in [0.1, 0.15) is 23.1 Å². The lowest BCUT2D eigenvalue weighted by molar-refractivity contribution is -0.170. The summed E-state index contributed by atoms with van der Waals surface area (Å²) in [5, 5.41) is 24.1. The third-order valence-corrected chi connectivity index (χ3v) is 7.91. The summed E-state index contributed by atoms with van der Waals surface area (Å²) in [6.07, 6.45) is 4.06. The lowest BCUT2D eigenvalue weighted by Crippen LogP contribution is -2.41. The SMILES string of the molecule is Cc1nc(N[C@H](C)c2cccc(C(F)(F)C(C)(C)O)c2F)c2cc(N3CCC(O)CC3)c3c(c2n1)CCC3. The molecule has 1 atom stereocenters. The Hall–Kier alpha value is -2.91. The van der Waals surface area contributed by atoms with Gasteiger partial charge in [0.15, 0.2) is 0 Å². The van der Waals surface area contributed by atoms with Crippen LogP contribution in [-0.4, -0.2) is 45.0 Å². The van der Waals surface area contributed by atoms with Gasteiger partial charge in [0.2, 0.25) is 0 Å². The average Bonchev–Trinajstić information content (AvgIpc) is 3.34. The monoisotopic (exact) mass is 528 g/mol. The number of aromatic nitrogens is 2. The fourth-order valence-corrected chi connectivity index (χ4v) is 5.70. The van der Waals surface area contributed by atoms with Gasteiger partial charge in [-0.3, -0.25) is 0 Å². The highest BCUT2D eigenvalue weighted by Crippen LogP contribution is 2.43. The lowest BCUT2D eigenvalue weighted by Gasteiger charge is -2.33. The molecule has 3 aromatic rings. The summed E-state index contributed by atoms with van der Waals surface area (Å²) in [7, 11) is 0. The number of alkyl halides is 2. The topological polar surface area (TPSA) is 81.5 Å². The fourth-order valence-electron chi connectivity index (χ4n) is 5.70. The van der Waals surface area contributed by atoms with Crippen LogP contribution in [0.4, 0.5) is 24.7 Å². The zero-order valence-corrected chi connectivity index (χ0v) is 22.3. The van der Waals surface area contributed by atoms with E-state index in [0.717, 1.165) is 68.9 Å². The van der Waals surface area contributed by atoms with Gasteiger partial charge in [0, 0.05) is 29.7 Å². The number of benzene rings is 2. The second-order valence-corrected chi connectivity index (χ2v) is 11.1. The molecule has 1 aliphatic carbocycles. The quantitative estimate of drug-likeness (QED) is 0.389. The normalized spacial score (nSPS) is 17.7. The summed E-state index contributed by atoms with van der Waals surface area (Å²) in [5.41, 5.74) is 1.27. The van der Waals surface area contributed by atoms with E-state index in [1.807, 2.05) is 6.92 Å². The third-order valence-electron chi connectivity index (χ3n) is 7.91. The molecule has 0 spiro atoms. The number of nitrogens with zero attached hydrogens (tertiary/aromatic N) is 3. The number of halogens is 3. The van der Waals surface area contributed by atoms with Gasteiger partial charge in [0.25, 0.3) is 0 Å². The minimum atomic E-state index is -3.78. The Balaban J connectivity index is 1.56. The molecule has 0 saturated carbocycles. The van der Waals surface area contributed by atoms with Crippen LogP contribution >= 0.6 is 0 Å². The average molecular weight is 529 g/mol. The molecule has 9 heteroatoms. The maximum Gasteiger partial charge on any atom is 0.303 e. The van der Waals surface area contributed by atoms with Gasteiger partial charge in [-0.25, -0.2) is 14.4 Å². The Kier molecular flexibility index (Phi) is 6.80. The number of nitrogens with one attached hydrogen (secondary N) is 1. The molecule has 204 valence electrons. The van der Waals surface area contributed by atoms with Crippen molar-refractivity contribution in [3.63, 3.8) is 0 Å². The maximum absolute atomic E-state index is 15.5. The van der Waals surface area contributed by atoms with E-state index >= 15 is 4.39 Å². The molecule has 2 aliphatic rings. The molecule has 5 rings (SSSR count). The summed E-state index contributed by atoms with van der Waals surface area (Å²) in [5.74, 6) is -3.74. The molecule has 2 aromatic carbocycles. The van der Waals surface area contributed by atoms with Crippen molar-refractivity contribution < 1.29 is 23.4 Å². The number of aryl methyl sites for hydroxylation is 2. The van der Waals surface area contributed by atoms with Gasteiger partial charge in [-0.15, -0.1) is 0 Å². The molecule has 1 aromatic heterocycles. The first-order valence-electron chi connectivity index (χ1n) is 13.3. The van der Waals surface area contributed by atoms with Crippen LogP contribution in [0.25, 0.3) is 10.9 Å². The Morgan fingerprint density at radius 1 is 1.11 bits per heavy atom. The van der Waals surface area contributed by atoms with Gasteiger partial charge < -0.3 is 20.4 Å². The van der Waals surface area contributed by atoms with Gasteiger partial charge in [0.05, 0.1) is 23.2 Å². The highest BCUT2D eigenvalue weighted by Gasteiger charge is 2.49. The van der Waals surface area contributed by atoms with Gasteiger partial charge in [-0.1, -0.05) is 12.1 Å². The highest BCUT2D eigenvalue weighted by atomic mass is 19.3. The third kappa shape index (κ3) is 4.60. The van der Waals surface area contributed by atoms with E-state index in [4.69, 9.17) is 4.98 Å². The molecule has 0 radical (unpaired) electrons. The van der Waals surface area contributed by atoms with Crippen LogP contribution in [0.3, 0.4) is 0 Å². The number of fused-ring (bicyclic) bond motifs is 3. The van der Waals surface area contributed by atoms with Crippen molar-refractivity contribution in [3.8, 4) is 0 Å². The minimum Gasteiger partial charge on any atom is -0.393 e. The Morgan fingerprint density at radius 2 is 1.79 bits per heavy atom. The predicted molar refractivity (Wildman–Crippen MR) is 142 cm³/mol. The van der Waals surface area contributed by atoms with Crippen LogP contribution in [0.1, 0.15) is 74.2 Å². The first-order chi connectivity index (χ1) is 17.9. The molecule has 1 fully saturated rings. The molecule has 3 N–H and O–H groups in total. The van der Waals surface area contributed by atoms with Crippen LogP contribution in [0.2, 0.25) is 0 Å². The molecule has 38 heavy (non-hydrogen) atoms. The van der Waals surface area contributed by atoms with E-state index in [9.17, 15) is 19.0 Å². The molecule has 1 saturated heterocycles. The Bertz CT molecular complexity index is 1360. The number of hydrogen-bond acceptors (Lipinski definition) is 6. The second kappa shape index (κ2) is 9.68. The van der Waals surface area contributed by atoms with Crippen LogP contribution in [0.15, 0.2) is 24.3 Å². The summed E-state index contributed by atoms with van der Waals surface area (Å²) in [6, 6.07) is 5.26. The van der Waals surface area contributed by atoms with Gasteiger partial charge >= 0.3 is 5.92 Å². The first-order valence-corrected chi connectivity index (χ1v) is 13.3. The zero-order valence-electron chi connectivity index (χ0n) is 22.3. The number of rotatable bonds is 6. The second-order valence-electron chi connectivity index (χ2n) is 11.1. The summed E-state index contributed by atoms with van der Waals surface area (Å²) in [4.78, 5) is 11.7. The van der Waals surface area contributed by atoms with E-state index in [0.29, 0.717) is 24.5 Å². The molecule has 1 aliphatic heterocycles. The van der Waals surface area contributed by atoms with E-state index in [1.54, 1.807) is 6.92 Å². The van der Waals surface area contributed by atoms with Crippen molar-refractivity contribution in [2.24, 2.45) is 0 Å². The number of piperidine rings is 1. The standard InChI is InChI=1S/C29H35F3N4O2/c1-16(19-7-6-10-23(25(19)30)29(31,32)28(3,4)38)33-27-22-15-24(36-13-11-18(37)12-14-36)20-8-5-9-21(20)26(22)34-17(2)35-27/h6-7,10,15-16,18,37-38H,5,8-9,11-14H2,1-4H3,(H,33,34,35)/t16-/m1/s1. The molecule has 0 unspecified atom stereocenters. The highest BCUT2D eigenvalue weighted by molar-refractivity contribution is 5.96. The molecule has 0 bridgehead atoms. The van der Waals surface area contributed by atoms with Crippen molar-refractivity contribution in [1.29, 1.82) is 0 Å². The Labute approximate surface area is 220 Å². The number of hydrogen-bond donors (Lipinski definition) is 3. The van der Waals surface area contributed by atoms with Crippen molar-refractivity contribution in [2.45, 2.75) is 83.5 Å². The van der Waals surface area contributed by atoms with Gasteiger partial charge in [-0.05, 0) is 83.1 Å². The van der Waals surface area contributed by atoms with E-state index in [1.165, 1.54) is 23.3 Å². The van der Waals surface area contributed by atoms with Crippen LogP contribution in [0, 0.1) is 12.7 Å². The molecule has 2 heterocycles. The van der Waals surface area contributed by atoms with E-state index in [-0.39, 0.29) is 11.7 Å². The predicted octanol–water partition coefficient (Wildman–Crippen LogP) is 5.56. The minimum absolute atomic E-state index is 0.0576. The van der Waals surface area contributed by atoms with Crippen molar-refractivity contribution in [3.05, 3.63) is 58.2 Å². The van der Waals surface area contributed by atoms with Crippen LogP contribution in [-0.2, 0) is 18.8 Å². The summed E-state index contributed by atoms with van der Waals surface area (Å²) >= 11 is 0. The molecular weight excluding hydrogens is 493 g/mol. The van der Waals surface area contributed by atoms with Crippen molar-refractivity contribution >= 4 is 22.4 Å². The molecule has 0 amide bonds. The number of aliphatic hydroxyl groups excluding tert-OH is 1. The zero-order chi connectivity index (χ0) is 27.4. The number of aliphatic hydroxyl groups is 2. The van der Waals surface area contributed by atoms with Crippen molar-refractivity contribution in [1.82, 2.24) is 9.97 Å². The molecule has 6 nitrogen and oxygen atoms in total. The van der Waals surface area contributed by atoms with Crippen molar-refractivity contribution in [2.75, 3.05) is 23.3 Å².